The molecule has 9 aromatic carbocycles. The summed E-state index contributed by atoms with van der Waals surface area (Å²) in [6, 6.07) is 55.5. The number of hydrogen-bond donors (Lipinski definition) is 4. The van der Waals surface area contributed by atoms with Crippen LogP contribution in [-0.2, 0) is 77.0 Å². The minimum Gasteiger partial charge on any atom is -0.489 e. The molecule has 18 nitrogen and oxygen atoms in total. The lowest BCUT2D eigenvalue weighted by atomic mass is 9.92. The molecule has 0 radical (unpaired) electrons. The van der Waals surface area contributed by atoms with Crippen LogP contribution in [0.25, 0.3) is 21.5 Å². The van der Waals surface area contributed by atoms with Crippen molar-refractivity contribution >= 4 is 69.1 Å². The van der Waals surface area contributed by atoms with Crippen molar-refractivity contribution in [2.75, 3.05) is 28.4 Å². The van der Waals surface area contributed by atoms with Crippen LogP contribution in [0.3, 0.4) is 0 Å². The van der Waals surface area contributed by atoms with Crippen molar-refractivity contribution in [2.24, 2.45) is 0 Å². The van der Waals surface area contributed by atoms with Crippen LogP contribution >= 0.6 is 0 Å². The van der Waals surface area contributed by atoms with E-state index in [1.807, 2.05) is 170 Å². The van der Waals surface area contributed by atoms with Crippen LogP contribution in [0.15, 0.2) is 206 Å². The third-order valence-corrected chi connectivity index (χ3v) is 15.1. The normalized spacial score (nSPS) is 12.2. The van der Waals surface area contributed by atoms with Crippen LogP contribution < -0.4 is 30.7 Å². The van der Waals surface area contributed by atoms with Gasteiger partial charge in [0.05, 0.1) is 28.4 Å². The van der Waals surface area contributed by atoms with Gasteiger partial charge in [-0.1, -0.05) is 170 Å². The SMILES string of the molecule is COC(=O)[C@H](Cc1ccccc1)NC(=O)c1cc(OCc2c3ccccc3c(COc3cc(C(=O)N[C@@H](Cc4ccccc4)C(=O)OC)cc(C(=O)N[C@H](Cc4ccccc4)C(=O)OC)c3)c3ccccc23)cc(C(=O)N[C@@H](Cc2ccccc2)C(=O)OC)c1. The molecule has 0 fully saturated rings. The Labute approximate surface area is 519 Å². The molecule has 90 heavy (non-hydrogen) atoms. The Kier molecular flexibility index (Phi) is 21.5. The predicted octanol–water partition coefficient (Wildman–Crippen LogP) is 9.21. The van der Waals surface area contributed by atoms with Gasteiger partial charge in [-0.15, -0.1) is 0 Å². The Morgan fingerprint density at radius 2 is 0.511 bits per heavy atom. The van der Waals surface area contributed by atoms with Crippen molar-refractivity contribution in [1.82, 2.24) is 21.3 Å². The third kappa shape index (κ3) is 16.3. The number of hydrogen-bond acceptors (Lipinski definition) is 14. The zero-order valence-electron chi connectivity index (χ0n) is 49.9. The lowest BCUT2D eigenvalue weighted by molar-refractivity contribution is -0.143. The molecule has 0 saturated heterocycles. The summed E-state index contributed by atoms with van der Waals surface area (Å²) < 4.78 is 33.6. The van der Waals surface area contributed by atoms with Gasteiger partial charge < -0.3 is 49.7 Å². The molecule has 4 N–H and O–H groups in total. The van der Waals surface area contributed by atoms with Crippen molar-refractivity contribution in [3.05, 3.63) is 262 Å². The lowest BCUT2D eigenvalue weighted by Crippen LogP contribution is -2.44. The first-order valence-electron chi connectivity index (χ1n) is 28.9. The molecule has 0 aliphatic rings. The zero-order chi connectivity index (χ0) is 63.5. The molecule has 0 aliphatic heterocycles. The minimum atomic E-state index is -1.11. The molecule has 4 atom stereocenters. The van der Waals surface area contributed by atoms with Gasteiger partial charge >= 0.3 is 23.9 Å². The van der Waals surface area contributed by atoms with Gasteiger partial charge in [-0.3, -0.25) is 19.2 Å². The summed E-state index contributed by atoms with van der Waals surface area (Å²) in [4.78, 5) is 110. The monoisotopic (exact) mass is 1210 g/mol. The first-order valence-corrected chi connectivity index (χ1v) is 28.9. The van der Waals surface area contributed by atoms with E-state index in [4.69, 9.17) is 28.4 Å². The van der Waals surface area contributed by atoms with E-state index in [9.17, 15) is 38.4 Å². The quantitative estimate of drug-likeness (QED) is 0.0225. The third-order valence-electron chi connectivity index (χ3n) is 15.1. The lowest BCUT2D eigenvalue weighted by Gasteiger charge is -2.20. The Bertz CT molecular complexity index is 3550. The van der Waals surface area contributed by atoms with E-state index >= 15 is 0 Å². The molecule has 458 valence electrons. The predicted molar refractivity (Wildman–Crippen MR) is 337 cm³/mol. The Hall–Kier alpha value is -11.1. The highest BCUT2D eigenvalue weighted by molar-refractivity contribution is 6.07. The largest absolute Gasteiger partial charge is 0.489 e. The number of amides is 4. The average Bonchev–Trinajstić information content (AvgIpc) is 0.841. The highest BCUT2D eigenvalue weighted by Gasteiger charge is 2.29. The number of fused-ring (bicyclic) bond motifs is 2. The average molecular weight is 1210 g/mol. The van der Waals surface area contributed by atoms with Gasteiger partial charge in [0, 0.05) is 59.1 Å². The summed E-state index contributed by atoms with van der Waals surface area (Å²) in [7, 11) is 4.89. The van der Waals surface area contributed by atoms with Crippen LogP contribution in [0.1, 0.15) is 74.8 Å². The van der Waals surface area contributed by atoms with Crippen molar-refractivity contribution < 1.29 is 66.8 Å². The number of rotatable bonds is 26. The van der Waals surface area contributed by atoms with E-state index in [-0.39, 0.29) is 72.6 Å². The summed E-state index contributed by atoms with van der Waals surface area (Å²) in [6.45, 7) is -0.204. The van der Waals surface area contributed by atoms with E-state index in [2.05, 4.69) is 21.3 Å². The van der Waals surface area contributed by atoms with Gasteiger partial charge in [0.2, 0.25) is 0 Å². The molecule has 18 heteroatoms. The molecule has 0 spiro atoms. The van der Waals surface area contributed by atoms with Gasteiger partial charge in [0.1, 0.15) is 48.9 Å². The van der Waals surface area contributed by atoms with E-state index in [1.54, 1.807) is 0 Å². The molecule has 9 rings (SSSR count). The minimum absolute atomic E-state index is 0.0346. The number of carbonyl (C=O) groups excluding carboxylic acids is 8. The van der Waals surface area contributed by atoms with Gasteiger partial charge in [-0.05, 0) is 80.2 Å². The molecule has 0 aromatic heterocycles. The standard InChI is InChI=1S/C72H66N4O14/c1-85-69(81)61(33-45-21-9-5-10-22-45)73-65(77)49-37-50(66(78)74-62(70(82)86-2)34-46-23-11-6-12-24-46)40-53(39-49)89-43-59-55-29-17-19-31-57(55)60(58-32-20-18-30-56(58)59)44-90-54-41-51(67(79)75-63(71(83)87-3)35-47-25-13-7-14-26-47)38-52(42-54)68(80)76-64(72(84)88-4)36-48-27-15-8-16-28-48/h5-32,37-42,61-64H,33-36,43-44H2,1-4H3,(H,73,77)(H,74,78)(H,75,79)(H,76,80)/t61-,62-,63-,64+/m0/s1. The van der Waals surface area contributed by atoms with E-state index in [0.717, 1.165) is 54.9 Å². The second-order valence-electron chi connectivity index (χ2n) is 21.1. The fourth-order valence-corrected chi connectivity index (χ4v) is 10.5. The van der Waals surface area contributed by atoms with Crippen LogP contribution in [-0.4, -0.2) is 100 Å². The van der Waals surface area contributed by atoms with Gasteiger partial charge in [0.15, 0.2) is 0 Å². The number of methoxy groups -OCH3 is 4. The van der Waals surface area contributed by atoms with Crippen molar-refractivity contribution in [2.45, 2.75) is 63.1 Å². The second kappa shape index (κ2) is 30.5. The molecule has 4 amide bonds. The van der Waals surface area contributed by atoms with E-state index in [1.165, 1.54) is 64.8 Å². The molecule has 0 unspecified atom stereocenters. The Morgan fingerprint density at radius 1 is 0.300 bits per heavy atom. The Morgan fingerprint density at radius 3 is 0.722 bits per heavy atom. The molecule has 0 saturated carbocycles. The van der Waals surface area contributed by atoms with Crippen molar-refractivity contribution in [3.8, 4) is 11.5 Å². The van der Waals surface area contributed by atoms with Crippen molar-refractivity contribution in [1.29, 1.82) is 0 Å². The zero-order valence-corrected chi connectivity index (χ0v) is 49.9. The first-order chi connectivity index (χ1) is 43.7. The van der Waals surface area contributed by atoms with E-state index in [0.29, 0.717) is 0 Å². The number of nitrogens with one attached hydrogen (secondary N) is 4. The maximum atomic E-state index is 14.4. The van der Waals surface area contributed by atoms with Gasteiger partial charge in [-0.2, -0.15) is 0 Å². The molecule has 0 aliphatic carbocycles. The second-order valence-corrected chi connectivity index (χ2v) is 21.1. The van der Waals surface area contributed by atoms with Crippen LogP contribution in [0.2, 0.25) is 0 Å². The fraction of sp³-hybridized carbons (Fsp3) is 0.194. The topological polar surface area (TPSA) is 240 Å². The number of esters is 4. The highest BCUT2D eigenvalue weighted by Crippen LogP contribution is 2.35. The number of ether oxygens (including phenoxy) is 6. The Balaban J connectivity index is 1.05. The summed E-state index contributed by atoms with van der Waals surface area (Å²) >= 11 is 0. The number of benzene rings is 9. The van der Waals surface area contributed by atoms with Gasteiger partial charge in [-0.25, -0.2) is 19.2 Å². The maximum absolute atomic E-state index is 14.4. The molecular formula is C72H66N4O14. The van der Waals surface area contributed by atoms with E-state index < -0.39 is 71.7 Å². The summed E-state index contributed by atoms with van der Waals surface area (Å²) in [5.41, 5.74) is 4.34. The van der Waals surface area contributed by atoms with Crippen LogP contribution in [0, 0.1) is 0 Å². The van der Waals surface area contributed by atoms with Gasteiger partial charge in [0.25, 0.3) is 23.6 Å². The van der Waals surface area contributed by atoms with Crippen LogP contribution in [0.5, 0.6) is 11.5 Å². The summed E-state index contributed by atoms with van der Waals surface area (Å²) in [5, 5.41) is 14.1. The molecule has 0 heterocycles. The smallest absolute Gasteiger partial charge is 0.328 e. The fourth-order valence-electron chi connectivity index (χ4n) is 10.5. The summed E-state index contributed by atoms with van der Waals surface area (Å²) in [6.07, 6.45) is 0.424. The first kappa shape index (κ1) is 63.4. The molecular weight excluding hydrogens is 1140 g/mol. The van der Waals surface area contributed by atoms with Crippen LogP contribution in [0.4, 0.5) is 0 Å². The molecule has 9 aromatic rings. The highest BCUT2D eigenvalue weighted by atomic mass is 16.5. The number of carbonyl (C=O) groups is 8. The molecule has 0 bridgehead atoms. The summed E-state index contributed by atoms with van der Waals surface area (Å²) in [5.74, 6) is -5.41. The maximum Gasteiger partial charge on any atom is 0.328 e. The van der Waals surface area contributed by atoms with Crippen molar-refractivity contribution in [3.63, 3.8) is 0 Å².